The van der Waals surface area contributed by atoms with Crippen LogP contribution in [0.4, 0.5) is 0 Å². The molecule has 1 heterocycles. The third kappa shape index (κ3) is 3.94. The number of aromatic nitrogens is 2. The van der Waals surface area contributed by atoms with Crippen molar-refractivity contribution in [2.45, 2.75) is 39.8 Å². The van der Waals surface area contributed by atoms with Gasteiger partial charge >= 0.3 is 0 Å². The summed E-state index contributed by atoms with van der Waals surface area (Å²) in [7, 11) is 0. The van der Waals surface area contributed by atoms with Crippen molar-refractivity contribution < 1.29 is 4.79 Å². The number of fused-ring (bicyclic) bond motifs is 1. The average Bonchev–Trinajstić information content (AvgIpc) is 2.69. The molecule has 0 saturated carbocycles. The number of likely N-dealkylation sites (N-methyl/N-ethyl adjacent to an activating group) is 1. The van der Waals surface area contributed by atoms with Gasteiger partial charge in [-0.05, 0) is 44.5 Å². The van der Waals surface area contributed by atoms with E-state index in [1.807, 2.05) is 51.1 Å². The van der Waals surface area contributed by atoms with Crippen LogP contribution < -0.4 is 5.56 Å². The van der Waals surface area contributed by atoms with E-state index < -0.39 is 0 Å². The standard InChI is InChI=1S/C22H24ClN3O2/c1-4-25(20(27)13-16-9-7-6-8-10-16)15(3)21-24-19-12-11-17(23)14-18(19)22(28)26(21)5-2/h6-12,14-15H,4-5,13H2,1-3H3. The fourth-order valence-electron chi connectivity index (χ4n) is 3.51. The lowest BCUT2D eigenvalue weighted by Crippen LogP contribution is -2.38. The minimum atomic E-state index is -0.325. The summed E-state index contributed by atoms with van der Waals surface area (Å²) in [6, 6.07) is 14.4. The maximum atomic E-state index is 13.0. The highest BCUT2D eigenvalue weighted by atomic mass is 35.5. The van der Waals surface area contributed by atoms with Crippen LogP contribution in [0.2, 0.25) is 5.02 Å². The van der Waals surface area contributed by atoms with Gasteiger partial charge in [0.15, 0.2) is 0 Å². The molecule has 1 aromatic heterocycles. The third-order valence-corrected chi connectivity index (χ3v) is 5.20. The summed E-state index contributed by atoms with van der Waals surface area (Å²) >= 11 is 6.05. The quantitative estimate of drug-likeness (QED) is 0.625. The van der Waals surface area contributed by atoms with Crippen molar-refractivity contribution in [3.8, 4) is 0 Å². The molecule has 1 amide bonds. The minimum Gasteiger partial charge on any atom is -0.333 e. The lowest BCUT2D eigenvalue weighted by atomic mass is 10.1. The fourth-order valence-corrected chi connectivity index (χ4v) is 3.68. The maximum Gasteiger partial charge on any atom is 0.261 e. The van der Waals surface area contributed by atoms with Crippen molar-refractivity contribution in [1.82, 2.24) is 14.5 Å². The summed E-state index contributed by atoms with van der Waals surface area (Å²) < 4.78 is 1.63. The Hall–Kier alpha value is -2.66. The van der Waals surface area contributed by atoms with E-state index in [0.717, 1.165) is 5.56 Å². The molecular formula is C22H24ClN3O2. The van der Waals surface area contributed by atoms with Gasteiger partial charge in [-0.1, -0.05) is 41.9 Å². The van der Waals surface area contributed by atoms with Crippen LogP contribution in [0.5, 0.6) is 0 Å². The number of carbonyl (C=O) groups excluding carboxylic acids is 1. The molecule has 1 atom stereocenters. The molecule has 3 aromatic rings. The Bertz CT molecular complexity index is 1050. The second-order valence-electron chi connectivity index (χ2n) is 6.70. The number of halogens is 1. The molecule has 0 N–H and O–H groups in total. The molecule has 0 bridgehead atoms. The molecule has 2 aromatic carbocycles. The van der Waals surface area contributed by atoms with Crippen LogP contribution in [0.1, 0.15) is 38.2 Å². The number of carbonyl (C=O) groups is 1. The molecule has 3 rings (SSSR count). The minimum absolute atomic E-state index is 0.00862. The SMILES string of the molecule is CCN(C(=O)Cc1ccccc1)C(C)c1nc2ccc(Cl)cc2c(=O)n1CC. The van der Waals surface area contributed by atoms with E-state index in [9.17, 15) is 9.59 Å². The van der Waals surface area contributed by atoms with Gasteiger partial charge in [0.1, 0.15) is 5.82 Å². The zero-order valence-electron chi connectivity index (χ0n) is 16.4. The monoisotopic (exact) mass is 397 g/mol. The molecule has 0 aliphatic heterocycles. The molecule has 0 saturated heterocycles. The average molecular weight is 398 g/mol. The molecule has 6 heteroatoms. The molecule has 0 spiro atoms. The summed E-state index contributed by atoms with van der Waals surface area (Å²) in [5.41, 5.74) is 1.42. The second-order valence-corrected chi connectivity index (χ2v) is 7.14. The number of rotatable bonds is 6. The molecule has 0 fully saturated rings. The van der Waals surface area contributed by atoms with Crippen LogP contribution in [0, 0.1) is 0 Å². The van der Waals surface area contributed by atoms with Crippen molar-refractivity contribution in [1.29, 1.82) is 0 Å². The van der Waals surface area contributed by atoms with Gasteiger partial charge < -0.3 is 4.90 Å². The Morgan fingerprint density at radius 1 is 1.18 bits per heavy atom. The lowest BCUT2D eigenvalue weighted by molar-refractivity contribution is -0.132. The Morgan fingerprint density at radius 3 is 2.54 bits per heavy atom. The molecule has 1 unspecified atom stereocenters. The van der Waals surface area contributed by atoms with Gasteiger partial charge in [-0.2, -0.15) is 0 Å². The number of benzene rings is 2. The topological polar surface area (TPSA) is 55.2 Å². The second kappa shape index (κ2) is 8.57. The van der Waals surface area contributed by atoms with Crippen molar-refractivity contribution in [3.63, 3.8) is 0 Å². The van der Waals surface area contributed by atoms with E-state index >= 15 is 0 Å². The van der Waals surface area contributed by atoms with Crippen molar-refractivity contribution in [3.05, 3.63) is 75.3 Å². The summed E-state index contributed by atoms with van der Waals surface area (Å²) in [6.45, 7) is 6.76. The largest absolute Gasteiger partial charge is 0.333 e. The van der Waals surface area contributed by atoms with Gasteiger partial charge in [-0.3, -0.25) is 14.2 Å². The first-order valence-electron chi connectivity index (χ1n) is 9.49. The number of nitrogens with zero attached hydrogens (tertiary/aromatic N) is 3. The number of amides is 1. The van der Waals surface area contributed by atoms with E-state index in [1.54, 1.807) is 27.7 Å². The lowest BCUT2D eigenvalue weighted by Gasteiger charge is -2.29. The van der Waals surface area contributed by atoms with Crippen molar-refractivity contribution >= 4 is 28.4 Å². The Kier molecular flexibility index (Phi) is 6.15. The highest BCUT2D eigenvalue weighted by Crippen LogP contribution is 2.22. The van der Waals surface area contributed by atoms with E-state index in [0.29, 0.717) is 41.3 Å². The predicted molar refractivity (Wildman–Crippen MR) is 113 cm³/mol. The third-order valence-electron chi connectivity index (χ3n) is 4.96. The van der Waals surface area contributed by atoms with E-state index in [4.69, 9.17) is 16.6 Å². The van der Waals surface area contributed by atoms with E-state index in [2.05, 4.69) is 0 Å². The first-order valence-corrected chi connectivity index (χ1v) is 9.87. The zero-order valence-corrected chi connectivity index (χ0v) is 17.1. The number of hydrogen-bond donors (Lipinski definition) is 0. The van der Waals surface area contributed by atoms with Crippen molar-refractivity contribution in [2.75, 3.05) is 6.54 Å². The maximum absolute atomic E-state index is 13.0. The van der Waals surface area contributed by atoms with Gasteiger partial charge in [0.05, 0.1) is 23.4 Å². The molecule has 146 valence electrons. The van der Waals surface area contributed by atoms with Crippen LogP contribution in [-0.2, 0) is 17.8 Å². The summed E-state index contributed by atoms with van der Waals surface area (Å²) in [4.78, 5) is 32.4. The molecule has 0 aliphatic rings. The Labute approximate surface area is 169 Å². The van der Waals surface area contributed by atoms with Crippen LogP contribution >= 0.6 is 11.6 Å². The van der Waals surface area contributed by atoms with Gasteiger partial charge in [-0.15, -0.1) is 0 Å². The first kappa shape index (κ1) is 20.1. The van der Waals surface area contributed by atoms with Crippen LogP contribution in [-0.4, -0.2) is 26.9 Å². The smallest absolute Gasteiger partial charge is 0.261 e. The van der Waals surface area contributed by atoms with Crippen LogP contribution in [0.3, 0.4) is 0 Å². The van der Waals surface area contributed by atoms with Gasteiger partial charge in [0.25, 0.3) is 5.56 Å². The molecule has 0 aliphatic carbocycles. The highest BCUT2D eigenvalue weighted by molar-refractivity contribution is 6.31. The molecule has 0 radical (unpaired) electrons. The zero-order chi connectivity index (χ0) is 20.3. The Morgan fingerprint density at radius 2 is 1.89 bits per heavy atom. The normalized spacial score (nSPS) is 12.1. The molecule has 5 nitrogen and oxygen atoms in total. The van der Waals surface area contributed by atoms with E-state index in [1.165, 1.54) is 0 Å². The van der Waals surface area contributed by atoms with E-state index in [-0.39, 0.29) is 17.5 Å². The Balaban J connectivity index is 2.00. The summed E-state index contributed by atoms with van der Waals surface area (Å²) in [6.07, 6.45) is 0.318. The predicted octanol–water partition coefficient (Wildman–Crippen LogP) is 4.22. The first-order chi connectivity index (χ1) is 13.5. The number of hydrogen-bond acceptors (Lipinski definition) is 3. The van der Waals surface area contributed by atoms with Gasteiger partial charge in [0.2, 0.25) is 5.91 Å². The van der Waals surface area contributed by atoms with Gasteiger partial charge in [-0.25, -0.2) is 4.98 Å². The molecular weight excluding hydrogens is 374 g/mol. The summed E-state index contributed by atoms with van der Waals surface area (Å²) in [5.74, 6) is 0.597. The highest BCUT2D eigenvalue weighted by Gasteiger charge is 2.24. The summed E-state index contributed by atoms with van der Waals surface area (Å²) in [5, 5.41) is 0.993. The van der Waals surface area contributed by atoms with Crippen LogP contribution in [0.15, 0.2) is 53.3 Å². The van der Waals surface area contributed by atoms with Crippen LogP contribution in [0.25, 0.3) is 10.9 Å². The van der Waals surface area contributed by atoms with Gasteiger partial charge in [0, 0.05) is 18.1 Å². The fraction of sp³-hybridized carbons (Fsp3) is 0.318. The van der Waals surface area contributed by atoms with Crippen molar-refractivity contribution in [2.24, 2.45) is 0 Å². The molecule has 28 heavy (non-hydrogen) atoms.